The maximum absolute atomic E-state index is 11.5. The van der Waals surface area contributed by atoms with Gasteiger partial charge in [0.1, 0.15) is 11.7 Å². The Morgan fingerprint density at radius 3 is 2.94 bits per heavy atom. The van der Waals surface area contributed by atoms with Crippen molar-refractivity contribution in [2.75, 3.05) is 7.11 Å². The number of esters is 1. The Balaban J connectivity index is 2.38. The Morgan fingerprint density at radius 2 is 2.31 bits per heavy atom. The lowest BCUT2D eigenvalue weighted by atomic mass is 9.69. The van der Waals surface area contributed by atoms with Crippen molar-refractivity contribution in [1.29, 1.82) is 0 Å². The molecule has 0 saturated carbocycles. The highest BCUT2D eigenvalue weighted by molar-refractivity contribution is 5.72. The van der Waals surface area contributed by atoms with Crippen LogP contribution in [0, 0.1) is 5.92 Å². The number of carbonyl (C=O) groups excluding carboxylic acids is 1. The fraction of sp³-hybridized carbons (Fsp3) is 0.750. The summed E-state index contributed by atoms with van der Waals surface area (Å²) in [6.07, 6.45) is 3.13. The molecule has 90 valence electrons. The number of methoxy groups -OCH3 is 1. The van der Waals surface area contributed by atoms with E-state index in [2.05, 4.69) is 6.08 Å². The number of fused-ring (bicyclic) bond motifs is 1. The fourth-order valence-corrected chi connectivity index (χ4v) is 3.07. The van der Waals surface area contributed by atoms with E-state index in [1.165, 1.54) is 0 Å². The summed E-state index contributed by atoms with van der Waals surface area (Å²) in [4.78, 5) is 11.5. The third-order valence-electron chi connectivity index (χ3n) is 3.85. The second-order valence-corrected chi connectivity index (χ2v) is 4.93. The van der Waals surface area contributed by atoms with Crippen LogP contribution in [0.4, 0.5) is 0 Å². The zero-order valence-electron chi connectivity index (χ0n) is 10.0. The van der Waals surface area contributed by atoms with Gasteiger partial charge in [-0.2, -0.15) is 0 Å². The lowest BCUT2D eigenvalue weighted by Crippen LogP contribution is -2.61. The Hall–Kier alpha value is -0.870. The molecule has 1 aliphatic carbocycles. The zero-order chi connectivity index (χ0) is 11.9. The van der Waals surface area contributed by atoms with E-state index in [0.717, 1.165) is 12.0 Å². The van der Waals surface area contributed by atoms with Crippen molar-refractivity contribution < 1.29 is 14.3 Å². The molecule has 0 bridgehead atoms. The Labute approximate surface area is 95.8 Å². The Bertz CT molecular complexity index is 339. The van der Waals surface area contributed by atoms with Crippen molar-refractivity contribution in [1.82, 2.24) is 0 Å². The minimum absolute atomic E-state index is 0.131. The number of ether oxygens (including phenoxy) is 2. The number of carbonyl (C=O) groups is 1. The van der Waals surface area contributed by atoms with Crippen molar-refractivity contribution in [2.45, 2.75) is 44.4 Å². The monoisotopic (exact) mass is 225 g/mol. The van der Waals surface area contributed by atoms with Gasteiger partial charge >= 0.3 is 5.97 Å². The minimum atomic E-state index is -0.609. The smallest absolute Gasteiger partial charge is 0.308 e. The van der Waals surface area contributed by atoms with Crippen LogP contribution in [0.15, 0.2) is 11.6 Å². The van der Waals surface area contributed by atoms with Gasteiger partial charge in [-0.05, 0) is 25.8 Å². The molecule has 2 N–H and O–H groups in total. The quantitative estimate of drug-likeness (QED) is 0.534. The maximum Gasteiger partial charge on any atom is 0.308 e. The first-order valence-corrected chi connectivity index (χ1v) is 5.66. The minimum Gasteiger partial charge on any atom is -0.456 e. The molecule has 4 heteroatoms. The molecule has 0 amide bonds. The van der Waals surface area contributed by atoms with E-state index in [1.54, 1.807) is 7.11 Å². The number of nitrogens with two attached hydrogens (primary N) is 1. The van der Waals surface area contributed by atoms with Crippen LogP contribution in [0.5, 0.6) is 0 Å². The van der Waals surface area contributed by atoms with Gasteiger partial charge in [-0.25, -0.2) is 0 Å². The predicted molar refractivity (Wildman–Crippen MR) is 59.8 cm³/mol. The predicted octanol–water partition coefficient (Wildman–Crippen LogP) is 1.00. The van der Waals surface area contributed by atoms with E-state index in [-0.39, 0.29) is 24.0 Å². The third kappa shape index (κ3) is 1.57. The summed E-state index contributed by atoms with van der Waals surface area (Å²) in [5, 5.41) is 0. The second-order valence-electron chi connectivity index (χ2n) is 4.93. The molecule has 1 heterocycles. The molecule has 1 saturated heterocycles. The summed E-state index contributed by atoms with van der Waals surface area (Å²) < 4.78 is 11.0. The molecule has 1 aliphatic heterocycles. The van der Waals surface area contributed by atoms with Gasteiger partial charge in [0.2, 0.25) is 0 Å². The summed E-state index contributed by atoms with van der Waals surface area (Å²) in [5.41, 5.74) is 6.55. The van der Waals surface area contributed by atoms with Crippen molar-refractivity contribution >= 4 is 5.97 Å². The molecular formula is C12H19NO3. The fourth-order valence-electron chi connectivity index (χ4n) is 3.07. The van der Waals surface area contributed by atoms with Crippen LogP contribution in [-0.2, 0) is 14.3 Å². The molecule has 2 aliphatic rings. The van der Waals surface area contributed by atoms with Gasteiger partial charge < -0.3 is 15.2 Å². The molecule has 1 fully saturated rings. The maximum atomic E-state index is 11.5. The van der Waals surface area contributed by atoms with Crippen LogP contribution < -0.4 is 5.73 Å². The van der Waals surface area contributed by atoms with Crippen LogP contribution >= 0.6 is 0 Å². The Kier molecular flexibility index (Phi) is 2.80. The number of rotatable bonds is 1. The first kappa shape index (κ1) is 11.6. The number of allylic oxidation sites excluding steroid dienone is 1. The molecule has 0 aromatic rings. The van der Waals surface area contributed by atoms with E-state index >= 15 is 0 Å². The lowest BCUT2D eigenvalue weighted by molar-refractivity contribution is -0.195. The summed E-state index contributed by atoms with van der Waals surface area (Å²) in [6.45, 7) is 3.93. The molecule has 0 aromatic carbocycles. The van der Waals surface area contributed by atoms with Crippen molar-refractivity contribution in [3.05, 3.63) is 11.6 Å². The van der Waals surface area contributed by atoms with Gasteiger partial charge in [0, 0.05) is 19.1 Å². The average molecular weight is 225 g/mol. The number of hydrogen-bond acceptors (Lipinski definition) is 4. The van der Waals surface area contributed by atoms with E-state index in [9.17, 15) is 4.79 Å². The van der Waals surface area contributed by atoms with Crippen molar-refractivity contribution in [3.8, 4) is 0 Å². The third-order valence-corrected chi connectivity index (χ3v) is 3.85. The highest BCUT2D eigenvalue weighted by atomic mass is 16.6. The molecule has 0 aromatic heterocycles. The van der Waals surface area contributed by atoms with E-state index in [4.69, 9.17) is 15.2 Å². The van der Waals surface area contributed by atoms with Crippen molar-refractivity contribution in [3.63, 3.8) is 0 Å². The van der Waals surface area contributed by atoms with Crippen LogP contribution in [0.25, 0.3) is 0 Å². The van der Waals surface area contributed by atoms with Crippen LogP contribution in [-0.4, -0.2) is 30.8 Å². The van der Waals surface area contributed by atoms with Gasteiger partial charge in [0.25, 0.3) is 0 Å². The van der Waals surface area contributed by atoms with Crippen LogP contribution in [0.3, 0.4) is 0 Å². The van der Waals surface area contributed by atoms with Crippen LogP contribution in [0.1, 0.15) is 26.7 Å². The summed E-state index contributed by atoms with van der Waals surface area (Å²) in [6, 6.07) is -0.131. The molecular weight excluding hydrogens is 206 g/mol. The van der Waals surface area contributed by atoms with Gasteiger partial charge in [-0.1, -0.05) is 6.08 Å². The topological polar surface area (TPSA) is 61.5 Å². The first-order chi connectivity index (χ1) is 7.49. The van der Waals surface area contributed by atoms with Gasteiger partial charge in [0.15, 0.2) is 0 Å². The van der Waals surface area contributed by atoms with E-state index < -0.39 is 5.60 Å². The highest BCUT2D eigenvalue weighted by Gasteiger charge is 2.53. The molecule has 2 rings (SSSR count). The zero-order valence-corrected chi connectivity index (χ0v) is 10.0. The van der Waals surface area contributed by atoms with E-state index in [1.807, 2.05) is 13.8 Å². The summed E-state index contributed by atoms with van der Waals surface area (Å²) in [5.74, 6) is -0.0677. The highest BCUT2D eigenvalue weighted by Crippen LogP contribution is 2.42. The van der Waals surface area contributed by atoms with Gasteiger partial charge in [-0.15, -0.1) is 0 Å². The molecule has 0 unspecified atom stereocenters. The lowest BCUT2D eigenvalue weighted by Gasteiger charge is -2.49. The molecule has 16 heavy (non-hydrogen) atoms. The van der Waals surface area contributed by atoms with Crippen LogP contribution in [0.2, 0.25) is 0 Å². The van der Waals surface area contributed by atoms with Gasteiger partial charge in [0.05, 0.1) is 6.42 Å². The summed E-state index contributed by atoms with van der Waals surface area (Å²) >= 11 is 0. The van der Waals surface area contributed by atoms with Gasteiger partial charge in [-0.3, -0.25) is 4.79 Å². The molecule has 4 atom stereocenters. The summed E-state index contributed by atoms with van der Waals surface area (Å²) in [7, 11) is 1.64. The molecule has 0 spiro atoms. The molecule has 4 nitrogen and oxygen atoms in total. The standard InChI is InChI=1S/C12H19NO3/c1-7-4-5-8-9(13)6-10(14)16-12(8,2)11(7)15-3/h4,8-9,11H,5-6,13H2,1-3H3/t8-,9+,11-,12-/m1/s1. The normalized spacial score (nSPS) is 43.4. The second kappa shape index (κ2) is 3.86. The number of hydrogen-bond donors (Lipinski definition) is 1. The molecule has 0 radical (unpaired) electrons. The van der Waals surface area contributed by atoms with Crippen molar-refractivity contribution in [2.24, 2.45) is 11.7 Å². The average Bonchev–Trinajstić information content (AvgIpc) is 2.15. The van der Waals surface area contributed by atoms with E-state index in [0.29, 0.717) is 6.42 Å². The Morgan fingerprint density at radius 1 is 1.62 bits per heavy atom. The SMILES string of the molecule is CO[C@@H]1C(C)=CC[C@@H]2[C@@H](N)CC(=O)O[C@@]12C. The first-order valence-electron chi connectivity index (χ1n) is 5.66. The largest absolute Gasteiger partial charge is 0.456 e.